The summed E-state index contributed by atoms with van der Waals surface area (Å²) >= 11 is 5.89. The molecule has 2 heterocycles. The zero-order valence-corrected chi connectivity index (χ0v) is 18.8. The lowest BCUT2D eigenvalue weighted by Gasteiger charge is -2.39. The van der Waals surface area contributed by atoms with Gasteiger partial charge >= 0.3 is 6.09 Å². The van der Waals surface area contributed by atoms with E-state index in [0.717, 1.165) is 12.8 Å². The van der Waals surface area contributed by atoms with Gasteiger partial charge in [-0.05, 0) is 44.0 Å². The molecule has 0 radical (unpaired) electrons. The highest BCUT2D eigenvalue weighted by atomic mass is 35.5. The van der Waals surface area contributed by atoms with E-state index in [1.54, 1.807) is 17.0 Å². The van der Waals surface area contributed by atoms with E-state index < -0.39 is 16.1 Å². The predicted molar refractivity (Wildman–Crippen MR) is 114 cm³/mol. The molecule has 0 unspecified atom stereocenters. The monoisotopic (exact) mass is 459 g/mol. The minimum absolute atomic E-state index is 0.0296. The average molecular weight is 460 g/mol. The van der Waals surface area contributed by atoms with Crippen LogP contribution in [0.25, 0.3) is 0 Å². The van der Waals surface area contributed by atoms with Gasteiger partial charge in [-0.25, -0.2) is 13.2 Å². The summed E-state index contributed by atoms with van der Waals surface area (Å²) in [6.45, 7) is 4.96. The molecule has 8 nitrogen and oxygen atoms in total. The van der Waals surface area contributed by atoms with E-state index in [4.69, 9.17) is 21.4 Å². The normalized spacial score (nSPS) is 24.0. The molecule has 1 aromatic rings. The minimum atomic E-state index is -3.69. The molecule has 30 heavy (non-hydrogen) atoms. The van der Waals surface area contributed by atoms with E-state index in [-0.39, 0.29) is 30.2 Å². The summed E-state index contributed by atoms with van der Waals surface area (Å²) in [5.74, 6) is 0. The van der Waals surface area contributed by atoms with Crippen molar-refractivity contribution >= 4 is 27.7 Å². The molecule has 1 aromatic carbocycles. The number of halogens is 1. The van der Waals surface area contributed by atoms with Gasteiger partial charge in [-0.2, -0.15) is 4.31 Å². The third-order valence-corrected chi connectivity index (χ3v) is 7.97. The molecule has 3 rings (SSSR count). The molecular formula is C20H30ClN3O5S. The number of carbonyl (C=O) groups is 1. The smallest absolute Gasteiger partial charge is 0.410 e. The maximum absolute atomic E-state index is 13.1. The molecule has 0 saturated carbocycles. The summed E-state index contributed by atoms with van der Waals surface area (Å²) in [7, 11) is -3.69. The summed E-state index contributed by atoms with van der Waals surface area (Å²) in [5.41, 5.74) is 0. The molecule has 0 spiro atoms. The van der Waals surface area contributed by atoms with Crippen molar-refractivity contribution in [3.63, 3.8) is 0 Å². The van der Waals surface area contributed by atoms with Crippen molar-refractivity contribution < 1.29 is 23.1 Å². The molecule has 10 heteroatoms. The van der Waals surface area contributed by atoms with Crippen molar-refractivity contribution in [3.05, 3.63) is 29.3 Å². The maximum atomic E-state index is 13.1. The number of piperazine rings is 1. The fraction of sp³-hybridized carbons (Fsp3) is 0.650. The van der Waals surface area contributed by atoms with Crippen LogP contribution in [0, 0.1) is 0 Å². The molecule has 2 fully saturated rings. The summed E-state index contributed by atoms with van der Waals surface area (Å²) in [4.78, 5) is 16.6. The number of rotatable bonds is 6. The zero-order valence-electron chi connectivity index (χ0n) is 17.2. The highest BCUT2D eigenvalue weighted by Crippen LogP contribution is 2.26. The standard InChI is InChI=1S/C20H30ClN3O5S/c1-16-14-22(12-13-25)10-11-23(16)20(26)29-15-18-4-2-3-9-24(18)30(27,28)19-7-5-17(21)6-8-19/h5-8,16,18,25H,2-4,9-15H2,1H3/t16-,18-/m0/s1. The maximum Gasteiger partial charge on any atom is 0.410 e. The fourth-order valence-electron chi connectivity index (χ4n) is 4.10. The number of benzene rings is 1. The third kappa shape index (κ3) is 5.45. The average Bonchev–Trinajstić information content (AvgIpc) is 2.73. The number of nitrogens with zero attached hydrogens (tertiary/aromatic N) is 3. The molecule has 2 atom stereocenters. The lowest BCUT2D eigenvalue weighted by Crippen LogP contribution is -2.55. The van der Waals surface area contributed by atoms with Crippen LogP contribution in [0.5, 0.6) is 0 Å². The number of β-amino-alcohol motifs (C(OH)–C–C–N with tert-alkyl or cyclic N) is 1. The van der Waals surface area contributed by atoms with Crippen LogP contribution >= 0.6 is 11.6 Å². The first kappa shape index (κ1) is 23.3. The molecule has 168 valence electrons. The van der Waals surface area contributed by atoms with Crippen molar-refractivity contribution in [1.82, 2.24) is 14.1 Å². The van der Waals surface area contributed by atoms with E-state index in [9.17, 15) is 13.2 Å². The Morgan fingerprint density at radius 2 is 1.93 bits per heavy atom. The van der Waals surface area contributed by atoms with Gasteiger partial charge in [0.15, 0.2) is 0 Å². The Labute approximate surface area is 183 Å². The van der Waals surface area contributed by atoms with Crippen LogP contribution in [-0.2, 0) is 14.8 Å². The van der Waals surface area contributed by atoms with E-state index in [1.165, 1.54) is 16.4 Å². The Balaban J connectivity index is 1.62. The van der Waals surface area contributed by atoms with Crippen molar-refractivity contribution in [2.75, 3.05) is 45.9 Å². The summed E-state index contributed by atoms with van der Waals surface area (Å²) < 4.78 is 33.2. The van der Waals surface area contributed by atoms with E-state index in [1.807, 2.05) is 6.92 Å². The second-order valence-corrected chi connectivity index (χ2v) is 10.2. The van der Waals surface area contributed by atoms with Gasteiger partial charge in [-0.15, -0.1) is 0 Å². The van der Waals surface area contributed by atoms with Gasteiger partial charge in [0.05, 0.1) is 17.5 Å². The quantitative estimate of drug-likeness (QED) is 0.699. The van der Waals surface area contributed by atoms with Crippen LogP contribution in [0.4, 0.5) is 4.79 Å². The fourth-order valence-corrected chi connectivity index (χ4v) is 5.90. The SMILES string of the molecule is C[C@H]1CN(CCO)CCN1C(=O)OC[C@@H]1CCCCN1S(=O)(=O)c1ccc(Cl)cc1. The van der Waals surface area contributed by atoms with Crippen molar-refractivity contribution in [2.24, 2.45) is 0 Å². The number of aliphatic hydroxyl groups is 1. The van der Waals surface area contributed by atoms with Gasteiger partial charge in [-0.1, -0.05) is 18.0 Å². The number of aliphatic hydroxyl groups excluding tert-OH is 1. The number of sulfonamides is 1. The lowest BCUT2D eigenvalue weighted by molar-refractivity contribution is 0.0349. The highest BCUT2D eigenvalue weighted by Gasteiger charge is 2.35. The number of piperidine rings is 1. The number of amides is 1. The Hall–Kier alpha value is -1.39. The van der Waals surface area contributed by atoms with Gasteiger partial charge in [0.1, 0.15) is 6.61 Å². The van der Waals surface area contributed by atoms with E-state index in [0.29, 0.717) is 44.2 Å². The minimum Gasteiger partial charge on any atom is -0.448 e. The van der Waals surface area contributed by atoms with E-state index >= 15 is 0 Å². The summed E-state index contributed by atoms with van der Waals surface area (Å²) in [6, 6.07) is 5.72. The van der Waals surface area contributed by atoms with Crippen LogP contribution < -0.4 is 0 Å². The lowest BCUT2D eigenvalue weighted by atomic mass is 10.1. The molecule has 2 aliphatic heterocycles. The molecule has 1 amide bonds. The number of ether oxygens (including phenoxy) is 1. The highest BCUT2D eigenvalue weighted by molar-refractivity contribution is 7.89. The molecule has 2 aliphatic rings. The van der Waals surface area contributed by atoms with Gasteiger partial charge < -0.3 is 14.7 Å². The third-order valence-electron chi connectivity index (χ3n) is 5.75. The van der Waals surface area contributed by atoms with Crippen LogP contribution in [0.2, 0.25) is 5.02 Å². The van der Waals surface area contributed by atoms with Crippen LogP contribution in [0.3, 0.4) is 0 Å². The topological polar surface area (TPSA) is 90.4 Å². The molecule has 0 bridgehead atoms. The second kappa shape index (κ2) is 10.3. The Kier molecular flexibility index (Phi) is 7.98. The van der Waals surface area contributed by atoms with Gasteiger partial charge in [-0.3, -0.25) is 4.90 Å². The first-order valence-corrected chi connectivity index (χ1v) is 12.2. The second-order valence-electron chi connectivity index (χ2n) is 7.86. The van der Waals surface area contributed by atoms with Crippen LogP contribution in [0.1, 0.15) is 26.2 Å². The number of hydrogen-bond donors (Lipinski definition) is 1. The predicted octanol–water partition coefficient (Wildman–Crippen LogP) is 2.02. The summed E-state index contributed by atoms with van der Waals surface area (Å²) in [5, 5.41) is 9.57. The zero-order chi connectivity index (χ0) is 21.7. The summed E-state index contributed by atoms with van der Waals surface area (Å²) in [6.07, 6.45) is 1.91. The van der Waals surface area contributed by atoms with Gasteiger partial charge in [0.2, 0.25) is 10.0 Å². The number of carbonyl (C=O) groups excluding carboxylic acids is 1. The molecule has 1 N–H and O–H groups in total. The van der Waals surface area contributed by atoms with Crippen molar-refractivity contribution in [1.29, 1.82) is 0 Å². The van der Waals surface area contributed by atoms with Crippen molar-refractivity contribution in [3.8, 4) is 0 Å². The largest absolute Gasteiger partial charge is 0.448 e. The Bertz CT molecular complexity index is 820. The van der Waals surface area contributed by atoms with Crippen LogP contribution in [0.15, 0.2) is 29.2 Å². The first-order valence-electron chi connectivity index (χ1n) is 10.4. The molecular weight excluding hydrogens is 430 g/mol. The van der Waals surface area contributed by atoms with Gasteiger partial charge in [0.25, 0.3) is 0 Å². The van der Waals surface area contributed by atoms with E-state index in [2.05, 4.69) is 4.90 Å². The Morgan fingerprint density at radius 3 is 2.60 bits per heavy atom. The Morgan fingerprint density at radius 1 is 1.20 bits per heavy atom. The van der Waals surface area contributed by atoms with Crippen LogP contribution in [-0.4, -0.2) is 91.7 Å². The first-order chi connectivity index (χ1) is 14.3. The van der Waals surface area contributed by atoms with Crippen molar-refractivity contribution in [2.45, 2.75) is 43.2 Å². The molecule has 0 aliphatic carbocycles. The molecule has 0 aromatic heterocycles. The van der Waals surface area contributed by atoms with Gasteiger partial charge in [0, 0.05) is 43.8 Å². The molecule has 2 saturated heterocycles. The number of hydrogen-bond acceptors (Lipinski definition) is 6.